The first-order chi connectivity index (χ1) is 15.9. The summed E-state index contributed by atoms with van der Waals surface area (Å²) in [4.78, 5) is 37.5. The Morgan fingerprint density at radius 1 is 1.21 bits per heavy atom. The molecule has 2 aliphatic rings. The molecule has 0 saturated carbocycles. The Hall–Kier alpha value is -3.57. The Morgan fingerprint density at radius 2 is 1.85 bits per heavy atom. The van der Waals surface area contributed by atoms with Gasteiger partial charge in [-0.15, -0.1) is 13.2 Å². The van der Waals surface area contributed by atoms with Gasteiger partial charge in [-0.05, 0) is 37.1 Å². The molecule has 0 spiro atoms. The van der Waals surface area contributed by atoms with Crippen LogP contribution in [-0.2, 0) is 4.79 Å². The summed E-state index contributed by atoms with van der Waals surface area (Å²) in [6, 6.07) is 4.39. The number of ether oxygens (including phenoxy) is 1. The van der Waals surface area contributed by atoms with Crippen LogP contribution in [0.3, 0.4) is 0 Å². The van der Waals surface area contributed by atoms with Crippen molar-refractivity contribution in [1.29, 1.82) is 0 Å². The number of rotatable bonds is 5. The highest BCUT2D eigenvalue weighted by Crippen LogP contribution is 2.34. The molecule has 1 fully saturated rings. The quantitative estimate of drug-likeness (QED) is 0.682. The van der Waals surface area contributed by atoms with E-state index in [1.165, 1.54) is 12.1 Å². The van der Waals surface area contributed by atoms with Gasteiger partial charge < -0.3 is 25.2 Å². The minimum absolute atomic E-state index is 0.0846. The molecule has 2 N–H and O–H groups in total. The summed E-state index contributed by atoms with van der Waals surface area (Å²) < 4.78 is 40.7. The first-order valence-corrected chi connectivity index (χ1v) is 10.8. The number of likely N-dealkylation sites (N-methyl/N-ethyl adjacent to an activating group) is 1. The lowest BCUT2D eigenvalue weighted by molar-refractivity contribution is -0.274. The zero-order valence-corrected chi connectivity index (χ0v) is 19.1. The number of nitrogens with zero attached hydrogens (tertiary/aromatic N) is 4. The number of alkyl halides is 3. The number of aromatic nitrogens is 2. The molecule has 1 saturated heterocycles. The third-order valence-electron chi connectivity index (χ3n) is 5.81. The summed E-state index contributed by atoms with van der Waals surface area (Å²) in [6.07, 6.45) is -4.78. The van der Waals surface area contributed by atoms with Crippen LogP contribution < -0.4 is 20.3 Å². The second-order valence-electron chi connectivity index (χ2n) is 8.74. The summed E-state index contributed by atoms with van der Waals surface area (Å²) in [5.41, 5.74) is 1.48. The summed E-state index contributed by atoms with van der Waals surface area (Å²) in [5, 5.41) is 6.11. The second kappa shape index (κ2) is 8.65. The van der Waals surface area contributed by atoms with Crippen molar-refractivity contribution in [2.24, 2.45) is 5.92 Å². The Balaban J connectivity index is 1.39. The monoisotopic (exact) mass is 478 g/mol. The molecule has 2 aliphatic heterocycles. The molecule has 1 unspecified atom stereocenters. The number of halogens is 3. The van der Waals surface area contributed by atoms with Crippen LogP contribution in [-0.4, -0.2) is 65.3 Å². The van der Waals surface area contributed by atoms with E-state index in [2.05, 4.69) is 25.3 Å². The third-order valence-corrected chi connectivity index (χ3v) is 5.81. The molecule has 0 aliphatic carbocycles. The lowest BCUT2D eigenvalue weighted by atomic mass is 9.99. The molecule has 3 heterocycles. The molecule has 0 radical (unpaired) electrons. The van der Waals surface area contributed by atoms with Crippen LogP contribution in [0.4, 0.5) is 30.6 Å². The maximum absolute atomic E-state index is 12.6. The lowest BCUT2D eigenvalue weighted by Crippen LogP contribution is -2.57. The summed E-state index contributed by atoms with van der Waals surface area (Å²) in [6.45, 7) is 6.50. The van der Waals surface area contributed by atoms with Crippen LogP contribution >= 0.6 is 0 Å². The number of amides is 2. The normalized spacial score (nSPS) is 18.4. The van der Waals surface area contributed by atoms with E-state index in [-0.39, 0.29) is 41.1 Å². The second-order valence-corrected chi connectivity index (χ2v) is 8.74. The number of anilines is 3. The Labute approximate surface area is 194 Å². The molecule has 1 atom stereocenters. The number of nitrogens with one attached hydrogen (secondary N) is 2. The van der Waals surface area contributed by atoms with Gasteiger partial charge in [-0.1, -0.05) is 13.8 Å². The van der Waals surface area contributed by atoms with E-state index in [1.54, 1.807) is 11.8 Å². The van der Waals surface area contributed by atoms with Gasteiger partial charge in [0.05, 0.1) is 11.7 Å². The van der Waals surface area contributed by atoms with Gasteiger partial charge in [0.2, 0.25) is 11.9 Å². The predicted molar refractivity (Wildman–Crippen MR) is 119 cm³/mol. The fraction of sp³-hybridized carbons (Fsp3) is 0.455. The van der Waals surface area contributed by atoms with Crippen molar-refractivity contribution in [3.05, 3.63) is 35.5 Å². The van der Waals surface area contributed by atoms with Crippen LogP contribution in [0.2, 0.25) is 0 Å². The first-order valence-electron chi connectivity index (χ1n) is 10.8. The van der Waals surface area contributed by atoms with Gasteiger partial charge in [0.1, 0.15) is 17.5 Å². The molecular weight excluding hydrogens is 453 g/mol. The minimum Gasteiger partial charge on any atom is -0.406 e. The smallest absolute Gasteiger partial charge is 0.406 e. The van der Waals surface area contributed by atoms with E-state index in [0.717, 1.165) is 12.1 Å². The third kappa shape index (κ3) is 4.70. The highest BCUT2D eigenvalue weighted by atomic mass is 19.4. The standard InChI is InChI=1S/C22H25F3N6O3/c1-11(2)17-19(32)28-16-12(3)26-21(29-18(16)30(17)4)27-14-9-31(10-14)20(33)13-5-7-15(8-6-13)34-22(23,24)25/h5-8,11,14,17H,9-10H2,1-4H3,(H,28,32)(H,26,27,29). The van der Waals surface area contributed by atoms with Crippen LogP contribution in [0.15, 0.2) is 24.3 Å². The van der Waals surface area contributed by atoms with E-state index < -0.39 is 6.36 Å². The Kier molecular flexibility index (Phi) is 6.00. The van der Waals surface area contributed by atoms with Crippen molar-refractivity contribution in [3.8, 4) is 5.75 Å². The molecule has 182 valence electrons. The first kappa shape index (κ1) is 23.6. The topological polar surface area (TPSA) is 99.7 Å². The fourth-order valence-electron chi connectivity index (χ4n) is 4.18. The number of benzene rings is 1. The number of fused-ring (bicyclic) bond motifs is 1. The average molecular weight is 478 g/mol. The number of hydrogen-bond acceptors (Lipinski definition) is 7. The van der Waals surface area contributed by atoms with Crippen LogP contribution in [0.5, 0.6) is 5.75 Å². The van der Waals surface area contributed by atoms with Crippen LogP contribution in [0.25, 0.3) is 0 Å². The summed E-state index contributed by atoms with van der Waals surface area (Å²) in [7, 11) is 1.83. The average Bonchev–Trinajstić information content (AvgIpc) is 2.70. The molecule has 2 amide bonds. The zero-order chi connectivity index (χ0) is 24.8. The van der Waals surface area contributed by atoms with Gasteiger partial charge in [-0.25, -0.2) is 4.98 Å². The number of likely N-dealkylation sites (tertiary alicyclic amines) is 1. The highest BCUT2D eigenvalue weighted by molar-refractivity contribution is 6.03. The van der Waals surface area contributed by atoms with E-state index in [0.29, 0.717) is 36.2 Å². The number of aryl methyl sites for hydroxylation is 1. The molecule has 4 rings (SSSR count). The van der Waals surface area contributed by atoms with Gasteiger partial charge in [-0.2, -0.15) is 4.98 Å². The van der Waals surface area contributed by atoms with Crippen molar-refractivity contribution < 1.29 is 27.5 Å². The molecule has 2 aromatic rings. The van der Waals surface area contributed by atoms with E-state index in [4.69, 9.17) is 0 Å². The largest absolute Gasteiger partial charge is 0.573 e. The fourth-order valence-corrected chi connectivity index (χ4v) is 4.18. The van der Waals surface area contributed by atoms with Gasteiger partial charge in [-0.3, -0.25) is 9.59 Å². The maximum atomic E-state index is 12.6. The van der Waals surface area contributed by atoms with Gasteiger partial charge in [0.15, 0.2) is 5.82 Å². The van der Waals surface area contributed by atoms with Crippen molar-refractivity contribution in [3.63, 3.8) is 0 Å². The zero-order valence-electron chi connectivity index (χ0n) is 19.1. The predicted octanol–water partition coefficient (Wildman–Crippen LogP) is 3.03. The van der Waals surface area contributed by atoms with Crippen molar-refractivity contribution in [2.75, 3.05) is 35.7 Å². The van der Waals surface area contributed by atoms with Crippen LogP contribution in [0, 0.1) is 12.8 Å². The molecule has 34 heavy (non-hydrogen) atoms. The number of carbonyl (C=O) groups excluding carboxylic acids is 2. The summed E-state index contributed by atoms with van der Waals surface area (Å²) >= 11 is 0. The maximum Gasteiger partial charge on any atom is 0.573 e. The van der Waals surface area contributed by atoms with Gasteiger partial charge in [0.25, 0.3) is 5.91 Å². The number of hydrogen-bond donors (Lipinski definition) is 2. The van der Waals surface area contributed by atoms with Crippen molar-refractivity contribution in [1.82, 2.24) is 14.9 Å². The molecule has 12 heteroatoms. The molecule has 1 aromatic heterocycles. The van der Waals surface area contributed by atoms with Crippen molar-refractivity contribution >= 4 is 29.3 Å². The van der Waals surface area contributed by atoms with E-state index in [9.17, 15) is 22.8 Å². The van der Waals surface area contributed by atoms with Crippen LogP contribution in [0.1, 0.15) is 29.9 Å². The van der Waals surface area contributed by atoms with E-state index in [1.807, 2.05) is 25.8 Å². The Bertz CT molecular complexity index is 1100. The van der Waals surface area contributed by atoms with Gasteiger partial charge in [0, 0.05) is 25.7 Å². The minimum atomic E-state index is -4.78. The van der Waals surface area contributed by atoms with Gasteiger partial charge >= 0.3 is 6.36 Å². The molecule has 9 nitrogen and oxygen atoms in total. The van der Waals surface area contributed by atoms with E-state index >= 15 is 0 Å². The Morgan fingerprint density at radius 3 is 2.44 bits per heavy atom. The molecule has 1 aromatic carbocycles. The molecule has 0 bridgehead atoms. The molecular formula is C22H25F3N6O3. The SMILES string of the molecule is Cc1nc(NC2CN(C(=O)c3ccc(OC(F)(F)F)cc3)C2)nc2c1NC(=O)C(C(C)C)N2C. The lowest BCUT2D eigenvalue weighted by Gasteiger charge is -2.40. The van der Waals surface area contributed by atoms with Crippen molar-refractivity contribution in [2.45, 2.75) is 39.2 Å². The number of carbonyl (C=O) groups is 2. The highest BCUT2D eigenvalue weighted by Gasteiger charge is 2.37. The summed E-state index contributed by atoms with van der Waals surface area (Å²) in [5.74, 6) is 0.345.